The van der Waals surface area contributed by atoms with E-state index in [1.165, 1.54) is 25.3 Å². The van der Waals surface area contributed by atoms with E-state index in [1.807, 2.05) is 0 Å². The molecule has 36 heavy (non-hydrogen) atoms. The van der Waals surface area contributed by atoms with E-state index in [1.54, 1.807) is 11.8 Å². The minimum Gasteiger partial charge on any atom is -0.489 e. The molecule has 1 aromatic carbocycles. The van der Waals surface area contributed by atoms with Crippen molar-refractivity contribution >= 4 is 12.0 Å². The van der Waals surface area contributed by atoms with Gasteiger partial charge >= 0.3 is 12.7 Å². The number of halogens is 2. The fourth-order valence-electron chi connectivity index (χ4n) is 3.98. The lowest BCUT2D eigenvalue weighted by molar-refractivity contribution is -0.0515. The lowest BCUT2D eigenvalue weighted by Crippen LogP contribution is -2.33. The highest BCUT2D eigenvalue weighted by atomic mass is 19.3. The third-order valence-corrected chi connectivity index (χ3v) is 6.13. The van der Waals surface area contributed by atoms with Gasteiger partial charge in [-0.3, -0.25) is 4.79 Å². The van der Waals surface area contributed by atoms with Crippen LogP contribution < -0.4 is 20.5 Å². The van der Waals surface area contributed by atoms with Crippen LogP contribution in [0.4, 0.5) is 13.6 Å². The van der Waals surface area contributed by atoms with Crippen LogP contribution in [0.1, 0.15) is 48.5 Å². The van der Waals surface area contributed by atoms with Crippen molar-refractivity contribution in [1.29, 1.82) is 0 Å². The number of ether oxygens (including phenoxy) is 3. The highest BCUT2D eigenvalue weighted by molar-refractivity contribution is 5.94. The van der Waals surface area contributed by atoms with Gasteiger partial charge in [0.05, 0.1) is 19.8 Å². The van der Waals surface area contributed by atoms with Gasteiger partial charge in [0, 0.05) is 25.2 Å². The Labute approximate surface area is 207 Å². The minimum atomic E-state index is -3.00. The zero-order chi connectivity index (χ0) is 25.8. The van der Waals surface area contributed by atoms with Crippen LogP contribution in [-0.2, 0) is 4.74 Å². The smallest absolute Gasteiger partial charge is 0.409 e. The molecular formula is C24H30F2N4O6. The van der Waals surface area contributed by atoms with Crippen LogP contribution >= 0.6 is 0 Å². The summed E-state index contributed by atoms with van der Waals surface area (Å²) in [6.07, 6.45) is 2.40. The summed E-state index contributed by atoms with van der Waals surface area (Å²) in [7, 11) is 1.33. The molecule has 10 nitrogen and oxygen atoms in total. The van der Waals surface area contributed by atoms with Gasteiger partial charge in [-0.1, -0.05) is 0 Å². The van der Waals surface area contributed by atoms with Crippen LogP contribution in [0.5, 0.6) is 11.5 Å². The normalized spacial score (nSPS) is 18.3. The van der Waals surface area contributed by atoms with E-state index < -0.39 is 24.7 Å². The number of methoxy groups -OCH3 is 1. The number of rotatable bonds is 10. The van der Waals surface area contributed by atoms with E-state index in [9.17, 15) is 18.4 Å². The van der Waals surface area contributed by atoms with Crippen molar-refractivity contribution in [3.8, 4) is 23.0 Å². The number of oxazole rings is 1. The Hall–Kier alpha value is -3.41. The summed E-state index contributed by atoms with van der Waals surface area (Å²) in [5.41, 5.74) is 6.49. The van der Waals surface area contributed by atoms with Crippen LogP contribution in [-0.4, -0.2) is 61.8 Å². The van der Waals surface area contributed by atoms with Crippen molar-refractivity contribution in [3.05, 3.63) is 29.7 Å². The Balaban J connectivity index is 1.49. The van der Waals surface area contributed by atoms with Crippen molar-refractivity contribution in [2.75, 3.05) is 33.4 Å². The number of nitrogens with zero attached hydrogens (tertiary/aromatic N) is 2. The standard InChI is InChI=1S/C24H30F2N4O6/c1-13(27)20-19(21(31)28-10-15-7-8-30(11-15)24(32)33-2)29-22(36-20)16-5-6-17(35-23(25)26)18(9-16)34-12-14-3-4-14/h5-6,9,13-15,23H,3-4,7-8,10-12,27H2,1-2H3,(H,28,31)/t13?,15-/m0/s1. The number of amides is 2. The van der Waals surface area contributed by atoms with Gasteiger partial charge in [-0.2, -0.15) is 8.78 Å². The van der Waals surface area contributed by atoms with Crippen molar-refractivity contribution in [3.63, 3.8) is 0 Å². The molecule has 0 radical (unpaired) electrons. The molecule has 1 aliphatic heterocycles. The fraction of sp³-hybridized carbons (Fsp3) is 0.542. The predicted octanol–water partition coefficient (Wildman–Crippen LogP) is 3.57. The highest BCUT2D eigenvalue weighted by Gasteiger charge is 2.29. The molecule has 1 aromatic heterocycles. The number of nitrogens with two attached hydrogens (primary N) is 1. The first kappa shape index (κ1) is 25.7. The summed E-state index contributed by atoms with van der Waals surface area (Å²) in [4.78, 5) is 30.6. The molecule has 2 atom stereocenters. The summed E-state index contributed by atoms with van der Waals surface area (Å²) >= 11 is 0. The maximum absolute atomic E-state index is 12.9. The van der Waals surface area contributed by atoms with Crippen molar-refractivity contribution < 1.29 is 37.0 Å². The van der Waals surface area contributed by atoms with Crippen LogP contribution in [0, 0.1) is 11.8 Å². The summed E-state index contributed by atoms with van der Waals surface area (Å²) in [5.74, 6) is 0.354. The first-order valence-electron chi connectivity index (χ1n) is 11.8. The molecule has 2 heterocycles. The Morgan fingerprint density at radius 2 is 2.03 bits per heavy atom. The number of carbonyl (C=O) groups is 2. The van der Waals surface area contributed by atoms with Gasteiger partial charge in [0.25, 0.3) is 5.91 Å². The third-order valence-electron chi connectivity index (χ3n) is 6.13. The first-order valence-corrected chi connectivity index (χ1v) is 11.8. The molecule has 3 N–H and O–H groups in total. The molecule has 2 aliphatic rings. The maximum atomic E-state index is 12.9. The van der Waals surface area contributed by atoms with E-state index in [2.05, 4.69) is 15.0 Å². The average molecular weight is 509 g/mol. The monoisotopic (exact) mass is 508 g/mol. The topological polar surface area (TPSA) is 129 Å². The summed E-state index contributed by atoms with van der Waals surface area (Å²) in [6.45, 7) is 0.431. The van der Waals surface area contributed by atoms with Crippen LogP contribution in [0.3, 0.4) is 0 Å². The van der Waals surface area contributed by atoms with Gasteiger partial charge in [0.15, 0.2) is 23.0 Å². The summed E-state index contributed by atoms with van der Waals surface area (Å²) in [5, 5.41) is 2.84. The van der Waals surface area contributed by atoms with Crippen LogP contribution in [0.25, 0.3) is 11.5 Å². The molecule has 1 aliphatic carbocycles. The van der Waals surface area contributed by atoms with Gasteiger partial charge in [-0.15, -0.1) is 0 Å². The van der Waals surface area contributed by atoms with E-state index in [-0.39, 0.29) is 34.8 Å². The number of carbonyl (C=O) groups excluding carboxylic acids is 2. The Morgan fingerprint density at radius 1 is 1.25 bits per heavy atom. The van der Waals surface area contributed by atoms with Crippen LogP contribution in [0.15, 0.2) is 22.6 Å². The van der Waals surface area contributed by atoms with E-state index >= 15 is 0 Å². The van der Waals surface area contributed by atoms with Gasteiger partial charge in [-0.05, 0) is 56.2 Å². The molecule has 2 fully saturated rings. The number of alkyl halides is 2. The Morgan fingerprint density at radius 3 is 2.69 bits per heavy atom. The van der Waals surface area contributed by atoms with Gasteiger partial charge in [0.2, 0.25) is 5.89 Å². The number of nitrogens with one attached hydrogen (secondary N) is 1. The molecule has 196 valence electrons. The molecular weight excluding hydrogens is 478 g/mol. The Bertz CT molecular complexity index is 1090. The highest BCUT2D eigenvalue weighted by Crippen LogP contribution is 2.37. The number of hydrogen-bond acceptors (Lipinski definition) is 8. The number of benzene rings is 1. The van der Waals surface area contributed by atoms with Crippen molar-refractivity contribution in [1.82, 2.24) is 15.2 Å². The van der Waals surface area contributed by atoms with Gasteiger partial charge in [0.1, 0.15) is 0 Å². The lowest BCUT2D eigenvalue weighted by atomic mass is 10.1. The molecule has 0 spiro atoms. The van der Waals surface area contributed by atoms with E-state index in [4.69, 9.17) is 19.6 Å². The second-order valence-corrected chi connectivity index (χ2v) is 9.10. The van der Waals surface area contributed by atoms with E-state index in [0.717, 1.165) is 19.3 Å². The fourth-order valence-corrected chi connectivity index (χ4v) is 3.98. The quantitative estimate of drug-likeness (QED) is 0.498. The molecule has 1 saturated carbocycles. The minimum absolute atomic E-state index is 0.0381. The molecule has 1 saturated heterocycles. The second-order valence-electron chi connectivity index (χ2n) is 9.10. The largest absolute Gasteiger partial charge is 0.489 e. The first-order chi connectivity index (χ1) is 17.2. The van der Waals surface area contributed by atoms with Crippen molar-refractivity contribution in [2.45, 2.75) is 38.8 Å². The number of aromatic nitrogens is 1. The van der Waals surface area contributed by atoms with Gasteiger partial charge < -0.3 is 34.6 Å². The summed E-state index contributed by atoms with van der Waals surface area (Å²) < 4.78 is 46.5. The SMILES string of the molecule is COC(=O)N1CC[C@@H](CNC(=O)c2nc(-c3ccc(OC(F)F)c(OCC4CC4)c3)oc2C(C)N)C1. The predicted molar refractivity (Wildman–Crippen MR) is 124 cm³/mol. The van der Waals surface area contributed by atoms with Gasteiger partial charge in [-0.25, -0.2) is 9.78 Å². The second kappa shape index (κ2) is 11.1. The zero-order valence-corrected chi connectivity index (χ0v) is 20.2. The molecule has 2 aromatic rings. The zero-order valence-electron chi connectivity index (χ0n) is 20.2. The third kappa shape index (κ3) is 6.23. The molecule has 4 rings (SSSR count). The van der Waals surface area contributed by atoms with E-state index in [0.29, 0.717) is 37.7 Å². The molecule has 1 unspecified atom stereocenters. The average Bonchev–Trinajstić information content (AvgIpc) is 3.37. The number of hydrogen-bond donors (Lipinski definition) is 2. The lowest BCUT2D eigenvalue weighted by Gasteiger charge is -2.15. The maximum Gasteiger partial charge on any atom is 0.409 e. The van der Waals surface area contributed by atoms with Crippen molar-refractivity contribution in [2.24, 2.45) is 17.6 Å². The molecule has 2 amide bonds. The van der Waals surface area contributed by atoms with Crippen LogP contribution in [0.2, 0.25) is 0 Å². The number of likely N-dealkylation sites (tertiary alicyclic amines) is 1. The Kier molecular flexibility index (Phi) is 7.92. The summed E-state index contributed by atoms with van der Waals surface area (Å²) in [6, 6.07) is 3.73. The molecule has 0 bridgehead atoms. The molecule has 12 heteroatoms.